The standard InChI is InChI=1S/C35H46F3NO6/c1-20-15-27-32(43,29(20)41)18-23(19-40)16-25-28-31(3,4)33(28,17-21(2)34(25,27)44)45-30(42)26(39)10-8-6-5-7-9-22-11-13-24(14-12-22)35(36,37)38/h11-16,21,25-28,40,43-44H,5-10,17-19,39H2,1-4H3/t21-,25+,26+,27-,28-,32-,33+,34-/m1/s1. The second-order valence-corrected chi connectivity index (χ2v) is 14.5. The van der Waals surface area contributed by atoms with Crippen LogP contribution in [-0.4, -0.2) is 56.5 Å². The summed E-state index contributed by atoms with van der Waals surface area (Å²) < 4.78 is 44.5. The van der Waals surface area contributed by atoms with E-state index < -0.39 is 69.5 Å². The van der Waals surface area contributed by atoms with Crippen LogP contribution in [0, 0.1) is 29.1 Å². The molecule has 0 bridgehead atoms. The SMILES string of the molecule is CC1=C[C@H]2[C@@]3(O)[C@H](C)C[C@]4(OC(=O)[C@@H](N)CCCCCCc5ccc(C(F)(F)F)cc5)[C@H]([C@@H]3C=C(CO)C[C@]2(O)C1=O)C4(C)C. The average Bonchev–Trinajstić information content (AvgIpc) is 3.38. The van der Waals surface area contributed by atoms with Crippen molar-refractivity contribution in [3.63, 3.8) is 0 Å². The minimum atomic E-state index is -4.34. The Labute approximate surface area is 262 Å². The van der Waals surface area contributed by atoms with E-state index in [-0.39, 0.29) is 18.9 Å². The lowest BCUT2D eigenvalue weighted by Crippen LogP contribution is -2.61. The number of carbonyl (C=O) groups excluding carboxylic acids is 2. The maximum atomic E-state index is 13.3. The number of esters is 1. The number of rotatable bonds is 10. The van der Waals surface area contributed by atoms with Gasteiger partial charge >= 0.3 is 12.1 Å². The number of Topliss-reactive ketones (excluding diaryl/α,β-unsaturated/α-hetero) is 1. The van der Waals surface area contributed by atoms with E-state index in [1.165, 1.54) is 12.1 Å². The van der Waals surface area contributed by atoms with E-state index in [1.807, 2.05) is 20.8 Å². The van der Waals surface area contributed by atoms with Crippen LogP contribution >= 0.6 is 0 Å². The summed E-state index contributed by atoms with van der Waals surface area (Å²) in [5, 5.41) is 34.2. The van der Waals surface area contributed by atoms with E-state index >= 15 is 0 Å². The summed E-state index contributed by atoms with van der Waals surface area (Å²) in [6.07, 6.45) is 3.69. The molecular weight excluding hydrogens is 587 g/mol. The molecule has 10 heteroatoms. The molecule has 2 fully saturated rings. The summed E-state index contributed by atoms with van der Waals surface area (Å²) in [5.74, 6) is -3.12. The van der Waals surface area contributed by atoms with Gasteiger partial charge in [0.15, 0.2) is 5.78 Å². The molecule has 2 saturated carbocycles. The lowest BCUT2D eigenvalue weighted by Gasteiger charge is -2.50. The van der Waals surface area contributed by atoms with Gasteiger partial charge in [-0.25, -0.2) is 0 Å². The zero-order chi connectivity index (χ0) is 33.2. The largest absolute Gasteiger partial charge is 0.457 e. The van der Waals surface area contributed by atoms with Crippen LogP contribution in [0.4, 0.5) is 13.2 Å². The van der Waals surface area contributed by atoms with Crippen molar-refractivity contribution in [1.29, 1.82) is 0 Å². The van der Waals surface area contributed by atoms with Crippen LogP contribution in [-0.2, 0) is 26.9 Å². The molecule has 0 saturated heterocycles. The summed E-state index contributed by atoms with van der Waals surface area (Å²) in [5.41, 5.74) is 2.62. The number of aliphatic hydroxyl groups excluding tert-OH is 1. The first-order valence-electron chi connectivity index (χ1n) is 16.1. The Kier molecular flexibility index (Phi) is 8.73. The molecule has 0 heterocycles. The van der Waals surface area contributed by atoms with E-state index in [0.717, 1.165) is 37.0 Å². The lowest BCUT2D eigenvalue weighted by atomic mass is 9.60. The highest BCUT2D eigenvalue weighted by Gasteiger charge is 2.83. The van der Waals surface area contributed by atoms with Gasteiger partial charge in [0.2, 0.25) is 0 Å². The van der Waals surface area contributed by atoms with Gasteiger partial charge in [0, 0.05) is 29.6 Å². The minimum absolute atomic E-state index is 0.0679. The molecule has 1 aromatic carbocycles. The van der Waals surface area contributed by atoms with E-state index in [1.54, 1.807) is 19.1 Å². The molecule has 8 atom stereocenters. The molecule has 45 heavy (non-hydrogen) atoms. The van der Waals surface area contributed by atoms with Crippen LogP contribution in [0.1, 0.15) is 83.8 Å². The van der Waals surface area contributed by atoms with E-state index in [9.17, 15) is 38.1 Å². The van der Waals surface area contributed by atoms with Gasteiger partial charge in [0.25, 0.3) is 0 Å². The molecule has 7 nitrogen and oxygen atoms in total. The highest BCUT2D eigenvalue weighted by atomic mass is 19.4. The molecule has 0 aromatic heterocycles. The summed E-state index contributed by atoms with van der Waals surface area (Å²) >= 11 is 0. The number of unbranched alkanes of at least 4 members (excludes halogenated alkanes) is 3. The van der Waals surface area contributed by atoms with Gasteiger partial charge in [-0.3, -0.25) is 9.59 Å². The number of aryl methyl sites for hydroxylation is 1. The number of benzene rings is 1. The fraction of sp³-hybridized carbons (Fsp3) is 0.657. The van der Waals surface area contributed by atoms with E-state index in [2.05, 4.69) is 0 Å². The van der Waals surface area contributed by atoms with Crippen LogP contribution in [0.3, 0.4) is 0 Å². The number of aliphatic hydroxyl groups is 3. The van der Waals surface area contributed by atoms with Crippen molar-refractivity contribution in [1.82, 2.24) is 0 Å². The Morgan fingerprint density at radius 2 is 1.73 bits per heavy atom. The summed E-state index contributed by atoms with van der Waals surface area (Å²) in [6.45, 7) is 7.13. The van der Waals surface area contributed by atoms with Crippen molar-refractivity contribution >= 4 is 11.8 Å². The maximum Gasteiger partial charge on any atom is 0.416 e. The number of nitrogens with two attached hydrogens (primary N) is 1. The van der Waals surface area contributed by atoms with Crippen LogP contribution in [0.5, 0.6) is 0 Å². The fourth-order valence-corrected chi connectivity index (χ4v) is 8.88. The molecule has 1 aromatic rings. The molecule has 0 amide bonds. The van der Waals surface area contributed by atoms with Crippen LogP contribution in [0.15, 0.2) is 47.6 Å². The minimum Gasteiger partial charge on any atom is -0.457 e. The number of ketones is 1. The number of ether oxygens (including phenoxy) is 1. The highest BCUT2D eigenvalue weighted by Crippen LogP contribution is 2.76. The molecule has 4 aliphatic rings. The Bertz CT molecular complexity index is 1390. The Morgan fingerprint density at radius 3 is 2.36 bits per heavy atom. The maximum absolute atomic E-state index is 13.3. The van der Waals surface area contributed by atoms with Gasteiger partial charge < -0.3 is 25.8 Å². The van der Waals surface area contributed by atoms with Gasteiger partial charge in [0.05, 0.1) is 17.8 Å². The predicted octanol–water partition coefficient (Wildman–Crippen LogP) is 5.05. The molecule has 4 aliphatic carbocycles. The van der Waals surface area contributed by atoms with Gasteiger partial charge in [0.1, 0.15) is 17.2 Å². The second-order valence-electron chi connectivity index (χ2n) is 14.5. The lowest BCUT2D eigenvalue weighted by molar-refractivity contribution is -0.187. The quantitative estimate of drug-likeness (QED) is 0.161. The number of fused-ring (bicyclic) bond motifs is 5. The molecule has 5 rings (SSSR count). The molecule has 0 spiro atoms. The summed E-state index contributed by atoms with van der Waals surface area (Å²) in [6, 6.07) is 4.39. The van der Waals surface area contributed by atoms with Crippen LogP contribution in [0.25, 0.3) is 0 Å². The van der Waals surface area contributed by atoms with Crippen molar-refractivity contribution < 1.29 is 42.8 Å². The summed E-state index contributed by atoms with van der Waals surface area (Å²) in [4.78, 5) is 26.4. The molecular formula is C35H46F3NO6. The van der Waals surface area contributed by atoms with Gasteiger partial charge in [-0.2, -0.15) is 13.2 Å². The van der Waals surface area contributed by atoms with Gasteiger partial charge in [-0.15, -0.1) is 0 Å². The number of hydrogen-bond acceptors (Lipinski definition) is 7. The first-order valence-corrected chi connectivity index (χ1v) is 16.1. The number of hydrogen-bond donors (Lipinski definition) is 4. The zero-order valence-electron chi connectivity index (χ0n) is 26.5. The monoisotopic (exact) mass is 633 g/mol. The van der Waals surface area contributed by atoms with E-state index in [0.29, 0.717) is 36.8 Å². The third-order valence-corrected chi connectivity index (χ3v) is 11.5. The van der Waals surface area contributed by atoms with Crippen molar-refractivity contribution in [2.24, 2.45) is 34.8 Å². The first kappa shape index (κ1) is 33.8. The van der Waals surface area contributed by atoms with Crippen molar-refractivity contribution in [2.45, 2.75) is 108 Å². The van der Waals surface area contributed by atoms with Gasteiger partial charge in [-0.1, -0.05) is 64.3 Å². The topological polar surface area (TPSA) is 130 Å². The Morgan fingerprint density at radius 1 is 1.09 bits per heavy atom. The van der Waals surface area contributed by atoms with E-state index in [4.69, 9.17) is 10.5 Å². The van der Waals surface area contributed by atoms with Crippen molar-refractivity contribution in [2.75, 3.05) is 6.61 Å². The highest BCUT2D eigenvalue weighted by molar-refractivity contribution is 6.04. The molecule has 0 aliphatic heterocycles. The smallest absolute Gasteiger partial charge is 0.416 e. The molecule has 248 valence electrons. The number of halogens is 3. The van der Waals surface area contributed by atoms with Crippen molar-refractivity contribution in [3.05, 3.63) is 58.7 Å². The molecule has 0 radical (unpaired) electrons. The zero-order valence-corrected chi connectivity index (χ0v) is 26.5. The third kappa shape index (κ3) is 5.49. The third-order valence-electron chi connectivity index (χ3n) is 11.5. The predicted molar refractivity (Wildman–Crippen MR) is 162 cm³/mol. The van der Waals surface area contributed by atoms with Gasteiger partial charge in [-0.05, 0) is 67.4 Å². The molecule has 0 unspecified atom stereocenters. The number of alkyl halides is 3. The number of carbonyl (C=O) groups is 2. The van der Waals surface area contributed by atoms with Crippen LogP contribution in [0.2, 0.25) is 0 Å². The van der Waals surface area contributed by atoms with Crippen LogP contribution < -0.4 is 5.73 Å². The van der Waals surface area contributed by atoms with Crippen molar-refractivity contribution in [3.8, 4) is 0 Å². The normalized spacial score (nSPS) is 35.8. The molecule has 5 N–H and O–H groups in total. The average molecular weight is 634 g/mol. The second kappa shape index (κ2) is 11.6. The summed E-state index contributed by atoms with van der Waals surface area (Å²) in [7, 11) is 0. The fourth-order valence-electron chi connectivity index (χ4n) is 8.88. The Balaban J connectivity index is 1.20. The first-order chi connectivity index (χ1) is 20.9. The Hall–Kier alpha value is -2.53.